The van der Waals surface area contributed by atoms with Gasteiger partial charge in [-0.2, -0.15) is 11.8 Å². The number of carbonyl (C=O) groups excluding carboxylic acids is 1. The highest BCUT2D eigenvalue weighted by atomic mass is 32.2. The molecule has 1 N–H and O–H groups in total. The fraction of sp³-hybridized carbons (Fsp3) is 0.136. The van der Waals surface area contributed by atoms with Crippen molar-refractivity contribution in [3.8, 4) is 11.5 Å². The van der Waals surface area contributed by atoms with Gasteiger partial charge in [0.1, 0.15) is 11.5 Å². The van der Waals surface area contributed by atoms with Crippen LogP contribution in [0.3, 0.4) is 0 Å². The third-order valence-electron chi connectivity index (χ3n) is 3.86. The van der Waals surface area contributed by atoms with Crippen LogP contribution in [0.1, 0.15) is 21.5 Å². The topological polar surface area (TPSA) is 38.3 Å². The fourth-order valence-electron chi connectivity index (χ4n) is 2.54. The summed E-state index contributed by atoms with van der Waals surface area (Å²) in [4.78, 5) is 12.3. The average Bonchev–Trinajstić information content (AvgIpc) is 2.64. The lowest BCUT2D eigenvalue weighted by atomic mass is 10.1. The van der Waals surface area contributed by atoms with E-state index in [0.717, 1.165) is 28.5 Å². The van der Waals surface area contributed by atoms with Gasteiger partial charge in [0.05, 0.1) is 0 Å². The third kappa shape index (κ3) is 4.90. The van der Waals surface area contributed by atoms with Crippen LogP contribution in [0.5, 0.6) is 11.5 Å². The van der Waals surface area contributed by atoms with E-state index in [-0.39, 0.29) is 5.91 Å². The number of ether oxygens (including phenoxy) is 1. The zero-order valence-electron chi connectivity index (χ0n) is 14.9. The van der Waals surface area contributed by atoms with Crippen LogP contribution in [-0.2, 0) is 5.75 Å². The minimum absolute atomic E-state index is 0.118. The first-order valence-corrected chi connectivity index (χ1v) is 9.77. The second-order valence-corrected chi connectivity index (χ2v) is 6.89. The van der Waals surface area contributed by atoms with Crippen molar-refractivity contribution >= 4 is 23.4 Å². The molecule has 132 valence electrons. The smallest absolute Gasteiger partial charge is 0.255 e. The number of carbonyl (C=O) groups is 1. The number of anilines is 1. The Labute approximate surface area is 158 Å². The summed E-state index contributed by atoms with van der Waals surface area (Å²) in [6.07, 6.45) is 2.06. The highest BCUT2D eigenvalue weighted by Crippen LogP contribution is 2.24. The SMILES string of the molecule is CSCc1ccc(C(=O)Nc2ccc(Oc3cccc(C)c3)cc2)cc1. The summed E-state index contributed by atoms with van der Waals surface area (Å²) in [7, 11) is 0. The van der Waals surface area contributed by atoms with E-state index in [1.165, 1.54) is 5.56 Å². The molecule has 3 nitrogen and oxygen atoms in total. The van der Waals surface area contributed by atoms with Crippen LogP contribution in [0.4, 0.5) is 5.69 Å². The van der Waals surface area contributed by atoms with Crippen molar-refractivity contribution in [2.24, 2.45) is 0 Å². The number of rotatable bonds is 6. The Morgan fingerprint density at radius 1 is 0.962 bits per heavy atom. The lowest BCUT2D eigenvalue weighted by Gasteiger charge is -2.09. The van der Waals surface area contributed by atoms with Crippen molar-refractivity contribution in [2.45, 2.75) is 12.7 Å². The number of aryl methyl sites for hydroxylation is 1. The van der Waals surface area contributed by atoms with E-state index in [2.05, 4.69) is 11.6 Å². The zero-order valence-corrected chi connectivity index (χ0v) is 15.7. The predicted octanol–water partition coefficient (Wildman–Crippen LogP) is 5.90. The average molecular weight is 363 g/mol. The summed E-state index contributed by atoms with van der Waals surface area (Å²) in [6, 6.07) is 23.0. The number of thioether (sulfide) groups is 1. The van der Waals surface area contributed by atoms with Crippen LogP contribution in [0.25, 0.3) is 0 Å². The Hall–Kier alpha value is -2.72. The van der Waals surface area contributed by atoms with Gasteiger partial charge in [0.2, 0.25) is 0 Å². The van der Waals surface area contributed by atoms with Crippen LogP contribution in [0.2, 0.25) is 0 Å². The molecule has 0 aliphatic heterocycles. The van der Waals surface area contributed by atoms with Crippen molar-refractivity contribution in [2.75, 3.05) is 11.6 Å². The van der Waals surface area contributed by atoms with Crippen LogP contribution in [0.15, 0.2) is 72.8 Å². The van der Waals surface area contributed by atoms with Crippen LogP contribution in [0, 0.1) is 6.92 Å². The molecule has 0 aliphatic carbocycles. The number of amides is 1. The van der Waals surface area contributed by atoms with E-state index in [9.17, 15) is 4.79 Å². The quantitative estimate of drug-likeness (QED) is 0.592. The summed E-state index contributed by atoms with van der Waals surface area (Å²) in [5.41, 5.74) is 3.75. The standard InChI is InChI=1S/C22H21NO2S/c1-16-4-3-5-21(14-16)25-20-12-10-19(11-13-20)23-22(24)18-8-6-17(7-9-18)15-26-2/h3-14H,15H2,1-2H3,(H,23,24). The van der Waals surface area contributed by atoms with Gasteiger partial charge in [0.25, 0.3) is 5.91 Å². The molecule has 0 heterocycles. The summed E-state index contributed by atoms with van der Waals surface area (Å²) >= 11 is 1.76. The first-order valence-electron chi connectivity index (χ1n) is 8.38. The lowest BCUT2D eigenvalue weighted by Crippen LogP contribution is -2.11. The second kappa shape index (κ2) is 8.59. The number of hydrogen-bond acceptors (Lipinski definition) is 3. The first-order chi connectivity index (χ1) is 12.6. The molecule has 0 unspecified atom stereocenters. The van der Waals surface area contributed by atoms with E-state index in [1.807, 2.05) is 79.7 Å². The van der Waals surface area contributed by atoms with Gasteiger partial charge in [-0.15, -0.1) is 0 Å². The third-order valence-corrected chi connectivity index (χ3v) is 4.49. The van der Waals surface area contributed by atoms with Crippen molar-refractivity contribution in [1.29, 1.82) is 0 Å². The molecule has 4 heteroatoms. The molecule has 3 rings (SSSR count). The summed E-state index contributed by atoms with van der Waals surface area (Å²) in [5.74, 6) is 2.36. The molecule has 1 amide bonds. The number of nitrogens with one attached hydrogen (secondary N) is 1. The first kappa shape index (κ1) is 18.1. The van der Waals surface area contributed by atoms with Gasteiger partial charge in [0.15, 0.2) is 0 Å². The lowest BCUT2D eigenvalue weighted by molar-refractivity contribution is 0.102. The molecule has 0 atom stereocenters. The summed E-state index contributed by atoms with van der Waals surface area (Å²) in [6.45, 7) is 2.03. The molecule has 0 saturated heterocycles. The van der Waals surface area contributed by atoms with Crippen molar-refractivity contribution in [3.63, 3.8) is 0 Å². The van der Waals surface area contributed by atoms with Crippen molar-refractivity contribution in [3.05, 3.63) is 89.5 Å². The number of hydrogen-bond donors (Lipinski definition) is 1. The van der Waals surface area contributed by atoms with Gasteiger partial charge >= 0.3 is 0 Å². The summed E-state index contributed by atoms with van der Waals surface area (Å²) < 4.78 is 5.83. The fourth-order valence-corrected chi connectivity index (χ4v) is 3.07. The van der Waals surface area contributed by atoms with E-state index >= 15 is 0 Å². The van der Waals surface area contributed by atoms with Crippen LogP contribution < -0.4 is 10.1 Å². The van der Waals surface area contributed by atoms with Gasteiger partial charge in [-0.25, -0.2) is 0 Å². The Morgan fingerprint density at radius 3 is 2.35 bits per heavy atom. The Morgan fingerprint density at radius 2 is 1.69 bits per heavy atom. The highest BCUT2D eigenvalue weighted by molar-refractivity contribution is 7.97. The molecule has 0 bridgehead atoms. The van der Waals surface area contributed by atoms with Gasteiger partial charge in [0, 0.05) is 17.0 Å². The molecule has 3 aromatic carbocycles. The minimum atomic E-state index is -0.118. The zero-order chi connectivity index (χ0) is 18.4. The monoisotopic (exact) mass is 363 g/mol. The van der Waals surface area contributed by atoms with E-state index < -0.39 is 0 Å². The highest BCUT2D eigenvalue weighted by Gasteiger charge is 2.06. The molecule has 3 aromatic rings. The Bertz CT molecular complexity index is 873. The summed E-state index contributed by atoms with van der Waals surface area (Å²) in [5, 5.41) is 2.91. The van der Waals surface area contributed by atoms with E-state index in [1.54, 1.807) is 11.8 Å². The molecule has 0 fully saturated rings. The van der Waals surface area contributed by atoms with Gasteiger partial charge in [-0.3, -0.25) is 4.79 Å². The van der Waals surface area contributed by atoms with Gasteiger partial charge in [-0.1, -0.05) is 24.3 Å². The van der Waals surface area contributed by atoms with Gasteiger partial charge < -0.3 is 10.1 Å². The predicted molar refractivity (Wildman–Crippen MR) is 109 cm³/mol. The minimum Gasteiger partial charge on any atom is -0.457 e. The maximum atomic E-state index is 12.3. The van der Waals surface area contributed by atoms with Crippen molar-refractivity contribution < 1.29 is 9.53 Å². The van der Waals surface area contributed by atoms with E-state index in [0.29, 0.717) is 5.56 Å². The van der Waals surface area contributed by atoms with Crippen molar-refractivity contribution in [1.82, 2.24) is 0 Å². The second-order valence-electron chi connectivity index (χ2n) is 6.03. The van der Waals surface area contributed by atoms with Crippen LogP contribution >= 0.6 is 11.8 Å². The molecule has 26 heavy (non-hydrogen) atoms. The maximum Gasteiger partial charge on any atom is 0.255 e. The van der Waals surface area contributed by atoms with E-state index in [4.69, 9.17) is 4.74 Å². The van der Waals surface area contributed by atoms with Crippen LogP contribution in [-0.4, -0.2) is 12.2 Å². The normalized spacial score (nSPS) is 10.4. The molecule has 0 aliphatic rings. The molecular formula is C22H21NO2S. The molecule has 0 spiro atoms. The maximum absolute atomic E-state index is 12.3. The molecule has 0 radical (unpaired) electrons. The Balaban J connectivity index is 1.62. The Kier molecular flexibility index (Phi) is 5.97. The molecular weight excluding hydrogens is 342 g/mol. The van der Waals surface area contributed by atoms with Gasteiger partial charge in [-0.05, 0) is 72.8 Å². The molecule has 0 saturated carbocycles. The molecule has 0 aromatic heterocycles. The number of benzene rings is 3. The largest absolute Gasteiger partial charge is 0.457 e.